The third-order valence-corrected chi connectivity index (χ3v) is 7.20. The van der Waals surface area contributed by atoms with Crippen LogP contribution >= 0.6 is 0 Å². The number of rotatable bonds is 8. The molecule has 0 saturated heterocycles. The molecule has 1 fully saturated rings. The van der Waals surface area contributed by atoms with Gasteiger partial charge in [0.05, 0.1) is 0 Å². The molecule has 0 unspecified atom stereocenters. The fourth-order valence-corrected chi connectivity index (χ4v) is 5.50. The van der Waals surface area contributed by atoms with E-state index < -0.39 is 5.41 Å². The molecular weight excluding hydrogens is 398 g/mol. The lowest BCUT2D eigenvalue weighted by molar-refractivity contribution is -0.690. The van der Waals surface area contributed by atoms with Crippen molar-refractivity contribution in [3.63, 3.8) is 0 Å². The molecule has 4 rings (SSSR count). The summed E-state index contributed by atoms with van der Waals surface area (Å²) in [4.78, 5) is 25.2. The van der Waals surface area contributed by atoms with Crippen molar-refractivity contribution in [2.24, 2.45) is 11.7 Å². The van der Waals surface area contributed by atoms with Crippen molar-refractivity contribution in [2.45, 2.75) is 57.5 Å². The Labute approximate surface area is 189 Å². The predicted octanol–water partition coefficient (Wildman–Crippen LogP) is 3.88. The Bertz CT molecular complexity index is 1050. The van der Waals surface area contributed by atoms with Crippen LogP contribution in [-0.2, 0) is 21.5 Å². The largest absolute Gasteiger partial charge is 0.369 e. The highest BCUT2D eigenvalue weighted by atomic mass is 16.1. The molecule has 5 heteroatoms. The molecule has 32 heavy (non-hydrogen) atoms. The van der Waals surface area contributed by atoms with Crippen molar-refractivity contribution in [3.05, 3.63) is 90.0 Å². The first-order chi connectivity index (χ1) is 15.5. The number of hydrogen-bond acceptors (Lipinski definition) is 2. The van der Waals surface area contributed by atoms with Crippen LogP contribution in [0.1, 0.15) is 55.6 Å². The van der Waals surface area contributed by atoms with Crippen molar-refractivity contribution < 1.29 is 14.2 Å². The Morgan fingerprint density at radius 2 is 1.62 bits per heavy atom. The van der Waals surface area contributed by atoms with Crippen LogP contribution in [0.5, 0.6) is 0 Å². The molecule has 5 nitrogen and oxygen atoms in total. The second-order valence-corrected chi connectivity index (χ2v) is 8.84. The lowest BCUT2D eigenvalue weighted by Crippen LogP contribution is -2.47. The van der Waals surface area contributed by atoms with Crippen LogP contribution in [0.25, 0.3) is 0 Å². The molecule has 2 atom stereocenters. The Morgan fingerprint density at radius 1 is 1.03 bits per heavy atom. The van der Waals surface area contributed by atoms with Gasteiger partial charge in [-0.3, -0.25) is 9.59 Å². The summed E-state index contributed by atoms with van der Waals surface area (Å²) in [5, 5.41) is 0. The lowest BCUT2D eigenvalue weighted by Gasteiger charge is -2.37. The summed E-state index contributed by atoms with van der Waals surface area (Å²) in [6, 6.07) is 20.2. The van der Waals surface area contributed by atoms with E-state index in [-0.39, 0.29) is 23.7 Å². The fourth-order valence-electron chi connectivity index (χ4n) is 5.50. The highest BCUT2D eigenvalue weighted by Gasteiger charge is 2.51. The summed E-state index contributed by atoms with van der Waals surface area (Å²) in [5.41, 5.74) is 7.26. The average molecular weight is 431 g/mol. The molecule has 1 saturated carbocycles. The Morgan fingerprint density at radius 3 is 2.16 bits per heavy atom. The molecule has 3 aromatic rings. The first-order valence-corrected chi connectivity index (χ1v) is 11.5. The highest BCUT2D eigenvalue weighted by Crippen LogP contribution is 2.49. The van der Waals surface area contributed by atoms with Crippen LogP contribution < -0.4 is 10.3 Å². The molecule has 0 aliphatic heterocycles. The van der Waals surface area contributed by atoms with Crippen molar-refractivity contribution in [1.82, 2.24) is 4.57 Å². The maximum Gasteiger partial charge on any atom is 0.253 e. The lowest BCUT2D eigenvalue weighted by atomic mass is 9.64. The van der Waals surface area contributed by atoms with Gasteiger partial charge in [0.1, 0.15) is 30.4 Å². The third-order valence-electron chi connectivity index (χ3n) is 7.20. The van der Waals surface area contributed by atoms with Gasteiger partial charge in [0.25, 0.3) is 5.82 Å². The van der Waals surface area contributed by atoms with E-state index in [9.17, 15) is 9.59 Å². The predicted molar refractivity (Wildman–Crippen MR) is 124 cm³/mol. The number of carbonyl (C=O) groups is 2. The highest BCUT2D eigenvalue weighted by molar-refractivity contribution is 5.91. The van der Waals surface area contributed by atoms with E-state index in [0.717, 1.165) is 36.2 Å². The number of carbonyl (C=O) groups excluding carboxylic acids is 2. The molecule has 1 aromatic heterocycles. The van der Waals surface area contributed by atoms with Gasteiger partial charge in [-0.1, -0.05) is 67.6 Å². The number of hydrogen-bond donors (Lipinski definition) is 1. The smallest absolute Gasteiger partial charge is 0.253 e. The Balaban J connectivity index is 1.71. The maximum absolute atomic E-state index is 13.3. The average Bonchev–Trinajstić information content (AvgIpc) is 3.43. The van der Waals surface area contributed by atoms with Gasteiger partial charge in [0, 0.05) is 13.3 Å². The first-order valence-electron chi connectivity index (χ1n) is 11.5. The van der Waals surface area contributed by atoms with Crippen LogP contribution in [0.3, 0.4) is 0 Å². The number of ketones is 1. The van der Waals surface area contributed by atoms with Crippen LogP contribution in [0.4, 0.5) is 0 Å². The van der Waals surface area contributed by atoms with Gasteiger partial charge in [-0.2, -0.15) is 0 Å². The summed E-state index contributed by atoms with van der Waals surface area (Å²) >= 11 is 0. The van der Waals surface area contributed by atoms with Crippen molar-refractivity contribution in [3.8, 4) is 0 Å². The molecule has 1 aliphatic rings. The molecule has 1 aliphatic carbocycles. The zero-order valence-corrected chi connectivity index (χ0v) is 18.9. The fraction of sp³-hybridized carbons (Fsp3) is 0.370. The molecule has 0 bridgehead atoms. The van der Waals surface area contributed by atoms with Crippen LogP contribution in [0.15, 0.2) is 73.1 Å². The Hall–Kier alpha value is -3.21. The number of benzene rings is 2. The van der Waals surface area contributed by atoms with Gasteiger partial charge in [-0.05, 0) is 36.3 Å². The minimum Gasteiger partial charge on any atom is -0.369 e. The SMILES string of the molecule is CCC(=O)C[n+]1ccn([C@@H]2CC[C@H](C(C(N)=O)(c3ccccc3)c3ccccc3)C2)c1C. The van der Waals surface area contributed by atoms with Crippen molar-refractivity contribution >= 4 is 11.7 Å². The minimum atomic E-state index is -0.869. The van der Waals surface area contributed by atoms with Gasteiger partial charge in [0.2, 0.25) is 5.91 Å². The normalized spacial score (nSPS) is 18.6. The van der Waals surface area contributed by atoms with E-state index in [2.05, 4.69) is 17.7 Å². The molecule has 0 spiro atoms. The zero-order chi connectivity index (χ0) is 22.7. The van der Waals surface area contributed by atoms with Crippen LogP contribution in [0, 0.1) is 12.8 Å². The molecule has 2 N–H and O–H groups in total. The molecule has 166 valence electrons. The minimum absolute atomic E-state index is 0.0855. The van der Waals surface area contributed by atoms with Crippen molar-refractivity contribution in [1.29, 1.82) is 0 Å². The maximum atomic E-state index is 13.3. The monoisotopic (exact) mass is 430 g/mol. The van der Waals surface area contributed by atoms with E-state index in [4.69, 9.17) is 5.73 Å². The second-order valence-electron chi connectivity index (χ2n) is 8.84. The first kappa shape index (κ1) is 22.0. The molecule has 2 aromatic carbocycles. The van der Waals surface area contributed by atoms with E-state index >= 15 is 0 Å². The van der Waals surface area contributed by atoms with E-state index in [1.165, 1.54) is 0 Å². The molecule has 1 amide bonds. The number of amides is 1. The summed E-state index contributed by atoms with van der Waals surface area (Å²) in [7, 11) is 0. The summed E-state index contributed by atoms with van der Waals surface area (Å²) in [6.45, 7) is 4.37. The standard InChI is InChI=1S/C27H31N3O2/c1-3-25(31)19-29-16-17-30(20(29)2)24-15-14-23(18-24)27(26(28)32,21-10-6-4-7-11-21)22-12-8-5-9-13-22/h4-13,16-17,23-24H,3,14-15,18-19H2,1-2H3,(H-,28,32)/p+1/t23-,24+/m0/s1. The summed E-state index contributed by atoms with van der Waals surface area (Å²) in [6.07, 6.45) is 7.33. The number of nitrogens with two attached hydrogens (primary N) is 1. The van der Waals surface area contributed by atoms with Gasteiger partial charge in [-0.25, -0.2) is 9.13 Å². The molecule has 1 heterocycles. The topological polar surface area (TPSA) is 69.0 Å². The quantitative estimate of drug-likeness (QED) is 0.551. The van der Waals surface area contributed by atoms with Gasteiger partial charge in [0.15, 0.2) is 5.78 Å². The Kier molecular flexibility index (Phi) is 6.26. The van der Waals surface area contributed by atoms with Crippen LogP contribution in [0.2, 0.25) is 0 Å². The van der Waals surface area contributed by atoms with Crippen LogP contribution in [-0.4, -0.2) is 16.3 Å². The number of nitrogens with zero attached hydrogens (tertiary/aromatic N) is 2. The number of primary amides is 1. The van der Waals surface area contributed by atoms with Gasteiger partial charge >= 0.3 is 0 Å². The third kappa shape index (κ3) is 3.77. The van der Waals surface area contributed by atoms with Gasteiger partial charge in [-0.15, -0.1) is 0 Å². The number of Topliss-reactive ketones (excluding diaryl/α,β-unsaturated/α-hetero) is 1. The van der Waals surface area contributed by atoms with E-state index in [1.807, 2.05) is 78.4 Å². The summed E-state index contributed by atoms with van der Waals surface area (Å²) in [5.74, 6) is 1.08. The van der Waals surface area contributed by atoms with E-state index in [0.29, 0.717) is 13.0 Å². The zero-order valence-electron chi connectivity index (χ0n) is 18.9. The van der Waals surface area contributed by atoms with Crippen molar-refractivity contribution in [2.75, 3.05) is 0 Å². The summed E-state index contributed by atoms with van der Waals surface area (Å²) < 4.78 is 4.29. The second kappa shape index (κ2) is 9.11. The number of imidazole rings is 1. The molecule has 0 radical (unpaired) electrons. The van der Waals surface area contributed by atoms with Gasteiger partial charge < -0.3 is 5.73 Å². The number of aromatic nitrogens is 2. The van der Waals surface area contributed by atoms with E-state index in [1.54, 1.807) is 0 Å². The molecular formula is C27H32N3O2+.